The van der Waals surface area contributed by atoms with E-state index in [-0.39, 0.29) is 23.7 Å². The van der Waals surface area contributed by atoms with E-state index in [1.165, 1.54) is 6.20 Å². The molecule has 1 aromatic carbocycles. The first-order valence-corrected chi connectivity index (χ1v) is 10.9. The lowest BCUT2D eigenvalue weighted by Gasteiger charge is -2.33. The number of nitrogen functional groups attached to an aromatic ring is 1. The van der Waals surface area contributed by atoms with Crippen LogP contribution in [-0.4, -0.2) is 47.1 Å². The molecule has 2 heterocycles. The first-order valence-electron chi connectivity index (χ1n) is 10.9. The van der Waals surface area contributed by atoms with Gasteiger partial charge in [-0.15, -0.1) is 0 Å². The number of anilines is 2. The average Bonchev–Trinajstić information content (AvgIpc) is 2.77. The lowest BCUT2D eigenvalue weighted by molar-refractivity contribution is -0.118. The van der Waals surface area contributed by atoms with Crippen molar-refractivity contribution in [1.82, 2.24) is 9.88 Å². The number of carbonyl (C=O) groups is 2. The summed E-state index contributed by atoms with van der Waals surface area (Å²) in [5.41, 5.74) is 8.00. The zero-order valence-electron chi connectivity index (χ0n) is 18.9. The van der Waals surface area contributed by atoms with Crippen LogP contribution in [-0.2, 0) is 4.79 Å². The van der Waals surface area contributed by atoms with Crippen molar-refractivity contribution < 1.29 is 14.3 Å². The van der Waals surface area contributed by atoms with Crippen molar-refractivity contribution >= 4 is 29.0 Å². The van der Waals surface area contributed by atoms with E-state index < -0.39 is 0 Å². The minimum absolute atomic E-state index is 0.0860. The number of aromatic nitrogens is 1. The molecule has 170 valence electrons. The van der Waals surface area contributed by atoms with Crippen molar-refractivity contribution in [3.8, 4) is 5.75 Å². The summed E-state index contributed by atoms with van der Waals surface area (Å²) in [4.78, 5) is 31.0. The van der Waals surface area contributed by atoms with Gasteiger partial charge in [-0.1, -0.05) is 19.9 Å². The Morgan fingerprint density at radius 2 is 2.12 bits per heavy atom. The Kier molecular flexibility index (Phi) is 7.45. The topological polar surface area (TPSA) is 121 Å². The van der Waals surface area contributed by atoms with Crippen LogP contribution in [0.2, 0.25) is 0 Å². The third-order valence-electron chi connectivity index (χ3n) is 5.50. The summed E-state index contributed by atoms with van der Waals surface area (Å²) < 4.78 is 6.02. The Morgan fingerprint density at radius 1 is 1.34 bits per heavy atom. The first-order chi connectivity index (χ1) is 15.3. The summed E-state index contributed by atoms with van der Waals surface area (Å²) in [6.45, 7) is 6.99. The Bertz CT molecular complexity index is 1000. The molecule has 1 aliphatic heterocycles. The second-order valence-corrected chi connectivity index (χ2v) is 8.49. The van der Waals surface area contributed by atoms with Crippen LogP contribution in [0.5, 0.6) is 5.75 Å². The molecule has 0 bridgehead atoms. The van der Waals surface area contributed by atoms with Gasteiger partial charge in [-0.25, -0.2) is 4.98 Å². The molecular weight excluding hydrogens is 406 g/mol. The van der Waals surface area contributed by atoms with E-state index in [1.807, 2.05) is 17.0 Å². The van der Waals surface area contributed by atoms with Gasteiger partial charge >= 0.3 is 0 Å². The number of carbonyl (C=O) groups excluding carboxylic acids is 2. The van der Waals surface area contributed by atoms with Crippen molar-refractivity contribution in [2.75, 3.05) is 30.7 Å². The second kappa shape index (κ2) is 10.3. The van der Waals surface area contributed by atoms with E-state index in [0.29, 0.717) is 53.8 Å². The van der Waals surface area contributed by atoms with Crippen molar-refractivity contribution in [3.05, 3.63) is 47.7 Å². The highest BCUT2D eigenvalue weighted by Crippen LogP contribution is 2.27. The van der Waals surface area contributed by atoms with Crippen molar-refractivity contribution in [1.29, 1.82) is 5.41 Å². The third kappa shape index (κ3) is 5.63. The summed E-state index contributed by atoms with van der Waals surface area (Å²) in [6, 6.07) is 8.67. The van der Waals surface area contributed by atoms with Gasteiger partial charge in [-0.3, -0.25) is 9.59 Å². The maximum atomic E-state index is 13.1. The van der Waals surface area contributed by atoms with Gasteiger partial charge in [-0.2, -0.15) is 0 Å². The van der Waals surface area contributed by atoms with Crippen LogP contribution < -0.4 is 15.8 Å². The van der Waals surface area contributed by atoms with Crippen LogP contribution in [0.25, 0.3) is 0 Å². The normalized spacial score (nSPS) is 16.0. The lowest BCUT2D eigenvalue weighted by Crippen LogP contribution is -2.41. The molecule has 1 saturated heterocycles. The first kappa shape index (κ1) is 23.2. The fraction of sp³-hybridized carbons (Fsp3) is 0.417. The van der Waals surface area contributed by atoms with E-state index >= 15 is 0 Å². The number of ether oxygens (including phenoxy) is 1. The molecule has 1 unspecified atom stereocenters. The largest absolute Gasteiger partial charge is 0.492 e. The quantitative estimate of drug-likeness (QED) is 0.451. The molecular formula is C24H31N5O3. The molecule has 0 spiro atoms. The molecule has 1 aliphatic rings. The van der Waals surface area contributed by atoms with Gasteiger partial charge in [0.1, 0.15) is 11.6 Å². The summed E-state index contributed by atoms with van der Waals surface area (Å²) in [5, 5.41) is 10.7. The average molecular weight is 438 g/mol. The number of nitrogens with one attached hydrogen (secondary N) is 2. The fourth-order valence-electron chi connectivity index (χ4n) is 3.75. The highest BCUT2D eigenvalue weighted by atomic mass is 16.5. The predicted octanol–water partition coefficient (Wildman–Crippen LogP) is 3.58. The SMILES string of the molecule is CC(=N)c1c(N)cccc1OCC1CCCN(C(=O)c2ccnc(NC(=O)C(C)C)c2)C1. The van der Waals surface area contributed by atoms with Crippen LogP contribution in [0, 0.1) is 17.2 Å². The molecule has 1 fully saturated rings. The Hall–Kier alpha value is -3.42. The van der Waals surface area contributed by atoms with E-state index in [4.69, 9.17) is 15.9 Å². The summed E-state index contributed by atoms with van der Waals surface area (Å²) >= 11 is 0. The predicted molar refractivity (Wildman–Crippen MR) is 125 cm³/mol. The lowest BCUT2D eigenvalue weighted by atomic mass is 9.98. The molecule has 4 N–H and O–H groups in total. The molecule has 8 heteroatoms. The summed E-state index contributed by atoms with van der Waals surface area (Å²) in [7, 11) is 0. The number of hydrogen-bond acceptors (Lipinski definition) is 6. The number of nitrogens with zero attached hydrogens (tertiary/aromatic N) is 2. The molecule has 0 radical (unpaired) electrons. The highest BCUT2D eigenvalue weighted by molar-refractivity contribution is 6.03. The molecule has 1 aromatic heterocycles. The number of rotatable bonds is 7. The number of hydrogen-bond donors (Lipinski definition) is 3. The maximum absolute atomic E-state index is 13.1. The van der Waals surface area contributed by atoms with E-state index in [1.54, 1.807) is 39.0 Å². The summed E-state index contributed by atoms with van der Waals surface area (Å²) in [6.07, 6.45) is 3.38. The van der Waals surface area contributed by atoms with Gasteiger partial charge in [0, 0.05) is 48.1 Å². The number of amides is 2. The zero-order chi connectivity index (χ0) is 23.3. The second-order valence-electron chi connectivity index (χ2n) is 8.49. The van der Waals surface area contributed by atoms with Crippen LogP contribution in [0.1, 0.15) is 49.5 Å². The number of pyridine rings is 1. The van der Waals surface area contributed by atoms with Gasteiger partial charge < -0.3 is 26.1 Å². The van der Waals surface area contributed by atoms with Crippen LogP contribution in [0.15, 0.2) is 36.5 Å². The van der Waals surface area contributed by atoms with Crippen molar-refractivity contribution in [2.45, 2.75) is 33.6 Å². The molecule has 0 aliphatic carbocycles. The van der Waals surface area contributed by atoms with Gasteiger partial charge in [0.05, 0.1) is 12.2 Å². The van der Waals surface area contributed by atoms with Crippen LogP contribution in [0.4, 0.5) is 11.5 Å². The Labute approximate surface area is 188 Å². The van der Waals surface area contributed by atoms with Crippen LogP contribution >= 0.6 is 0 Å². The molecule has 0 saturated carbocycles. The van der Waals surface area contributed by atoms with Crippen molar-refractivity contribution in [3.63, 3.8) is 0 Å². The van der Waals surface area contributed by atoms with E-state index in [0.717, 1.165) is 12.8 Å². The van der Waals surface area contributed by atoms with Crippen molar-refractivity contribution in [2.24, 2.45) is 11.8 Å². The smallest absolute Gasteiger partial charge is 0.254 e. The monoisotopic (exact) mass is 437 g/mol. The number of piperidine rings is 1. The number of likely N-dealkylation sites (tertiary alicyclic amines) is 1. The fourth-order valence-corrected chi connectivity index (χ4v) is 3.75. The number of benzene rings is 1. The highest BCUT2D eigenvalue weighted by Gasteiger charge is 2.26. The van der Waals surface area contributed by atoms with Gasteiger partial charge in [0.25, 0.3) is 5.91 Å². The van der Waals surface area contributed by atoms with Crippen LogP contribution in [0.3, 0.4) is 0 Å². The van der Waals surface area contributed by atoms with E-state index in [9.17, 15) is 9.59 Å². The van der Waals surface area contributed by atoms with Gasteiger partial charge in [0.15, 0.2) is 0 Å². The Morgan fingerprint density at radius 3 is 2.84 bits per heavy atom. The molecule has 3 rings (SSSR count). The van der Waals surface area contributed by atoms with Gasteiger partial charge in [-0.05, 0) is 44.0 Å². The van der Waals surface area contributed by atoms with E-state index in [2.05, 4.69) is 10.3 Å². The Balaban J connectivity index is 1.64. The third-order valence-corrected chi connectivity index (χ3v) is 5.50. The molecule has 2 aromatic rings. The molecule has 2 amide bonds. The maximum Gasteiger partial charge on any atom is 0.254 e. The standard InChI is InChI=1S/C24H31N5O3/c1-15(2)23(30)28-21-12-18(9-10-27-21)24(31)29-11-5-6-17(13-29)14-32-20-8-4-7-19(26)22(20)16(3)25/h4,7-10,12,15,17,25H,5-6,11,13-14,26H2,1-3H3,(H,27,28,30). The van der Waals surface area contributed by atoms with Gasteiger partial charge in [0.2, 0.25) is 5.91 Å². The summed E-state index contributed by atoms with van der Waals surface area (Å²) in [5.74, 6) is 0.754. The minimum atomic E-state index is -0.170. The molecule has 8 nitrogen and oxygen atoms in total. The minimum Gasteiger partial charge on any atom is -0.492 e. The molecule has 32 heavy (non-hydrogen) atoms. The zero-order valence-corrected chi connectivity index (χ0v) is 18.9. The number of nitrogens with two attached hydrogens (primary N) is 1. The molecule has 1 atom stereocenters.